The van der Waals surface area contributed by atoms with Crippen LogP contribution in [0.2, 0.25) is 0 Å². The molecule has 0 radical (unpaired) electrons. The second-order valence-electron chi connectivity index (χ2n) is 16.0. The number of piperidine rings is 2. The summed E-state index contributed by atoms with van der Waals surface area (Å²) in [5.74, 6) is 0.825. The Kier molecular flexibility index (Phi) is 17.8. The highest BCUT2D eigenvalue weighted by molar-refractivity contribution is 5.15. The van der Waals surface area contributed by atoms with Gasteiger partial charge in [-0.25, -0.2) is 0 Å². The molecule has 0 unspecified atom stereocenters. The van der Waals surface area contributed by atoms with Gasteiger partial charge in [-0.1, -0.05) is 108 Å². The van der Waals surface area contributed by atoms with Gasteiger partial charge in [-0.05, 0) is 96.9 Å². The fraction of sp³-hybridized carbons (Fsp3) is 0.950. The lowest BCUT2D eigenvalue weighted by atomic mass is 9.85. The fourth-order valence-electron chi connectivity index (χ4n) is 9.17. The van der Waals surface area contributed by atoms with Crippen LogP contribution in [0.3, 0.4) is 0 Å². The van der Waals surface area contributed by atoms with Gasteiger partial charge in [-0.15, -0.1) is 0 Å². The maximum Gasteiger partial charge on any atom is 0.0691 e. The van der Waals surface area contributed by atoms with Crippen LogP contribution in [0.5, 0.6) is 0 Å². The van der Waals surface area contributed by atoms with Gasteiger partial charge >= 0.3 is 0 Å². The zero-order valence-electron chi connectivity index (χ0n) is 29.8. The molecular weight excluding hydrogens is 554 g/mol. The van der Waals surface area contributed by atoms with E-state index in [0.29, 0.717) is 12.1 Å². The van der Waals surface area contributed by atoms with Gasteiger partial charge in [0.25, 0.3) is 0 Å². The van der Waals surface area contributed by atoms with Crippen molar-refractivity contribution < 1.29 is 10.2 Å². The summed E-state index contributed by atoms with van der Waals surface area (Å²) in [6, 6.07) is 2.66. The van der Waals surface area contributed by atoms with Crippen molar-refractivity contribution in [1.82, 2.24) is 15.5 Å². The number of hydrogen-bond acceptors (Lipinski definition) is 5. The summed E-state index contributed by atoms with van der Waals surface area (Å²) in [5.41, 5.74) is 1.77. The average Bonchev–Trinajstić information content (AvgIpc) is 3.51. The lowest BCUT2D eigenvalue weighted by molar-refractivity contribution is 0.0848. The molecule has 3 saturated heterocycles. The van der Waals surface area contributed by atoms with Gasteiger partial charge in [0.2, 0.25) is 0 Å². The van der Waals surface area contributed by atoms with Crippen molar-refractivity contribution in [2.24, 2.45) is 5.92 Å². The third-order valence-electron chi connectivity index (χ3n) is 12.2. The molecule has 0 saturated carbocycles. The van der Waals surface area contributed by atoms with Gasteiger partial charge in [0.15, 0.2) is 0 Å². The number of nitrogens with one attached hydrogen (secondary N) is 2. The van der Waals surface area contributed by atoms with Crippen LogP contribution in [-0.4, -0.2) is 70.6 Å². The molecule has 0 aromatic heterocycles. The van der Waals surface area contributed by atoms with E-state index in [4.69, 9.17) is 0 Å². The number of fused-ring (bicyclic) bond motifs is 1. The second kappa shape index (κ2) is 21.5. The molecule has 262 valence electrons. The van der Waals surface area contributed by atoms with Crippen LogP contribution in [-0.2, 0) is 0 Å². The Balaban J connectivity index is 0.963. The first-order chi connectivity index (χ1) is 22.0. The van der Waals surface area contributed by atoms with Gasteiger partial charge in [-0.2, -0.15) is 0 Å². The molecule has 0 aromatic rings. The molecule has 4 N–H and O–H groups in total. The van der Waals surface area contributed by atoms with E-state index in [1.807, 2.05) is 0 Å². The standard InChI is InChI=1S/C40H75N3O2/c1-32-39(44)27-25-36(41-32)22-17-13-9-5-3-7-11-15-20-34-30-35(38-24-19-29-43(38)31-34)21-16-12-8-4-6-10-14-18-23-37-26-28-40(45)33(2)42-37/h30,32-33,35-42,44-45H,3-29,31H2,1-2H3/t32-,33-,35+,36-,37+,38-,39-,40-/m0/s1. The quantitative estimate of drug-likeness (QED) is 0.0712. The van der Waals surface area contributed by atoms with E-state index in [9.17, 15) is 10.2 Å². The summed E-state index contributed by atoms with van der Waals surface area (Å²) in [6.07, 6.45) is 37.4. The average molecular weight is 630 g/mol. The first kappa shape index (κ1) is 37.4. The van der Waals surface area contributed by atoms with Crippen LogP contribution in [0.25, 0.3) is 0 Å². The van der Waals surface area contributed by atoms with E-state index >= 15 is 0 Å². The Morgan fingerprint density at radius 2 is 1.07 bits per heavy atom. The molecule has 4 rings (SSSR count). The summed E-state index contributed by atoms with van der Waals surface area (Å²) >= 11 is 0. The van der Waals surface area contributed by atoms with E-state index in [-0.39, 0.29) is 24.3 Å². The number of rotatable bonds is 22. The van der Waals surface area contributed by atoms with Gasteiger partial charge in [-0.3, -0.25) is 4.90 Å². The van der Waals surface area contributed by atoms with Crippen molar-refractivity contribution in [2.45, 2.75) is 223 Å². The van der Waals surface area contributed by atoms with Crippen molar-refractivity contribution in [2.75, 3.05) is 13.1 Å². The highest BCUT2D eigenvalue weighted by Gasteiger charge is 2.34. The minimum atomic E-state index is -0.142. The van der Waals surface area contributed by atoms with E-state index in [2.05, 4.69) is 35.5 Å². The fourth-order valence-corrected chi connectivity index (χ4v) is 9.17. The summed E-state index contributed by atoms with van der Waals surface area (Å²) in [5, 5.41) is 27.0. The highest BCUT2D eigenvalue weighted by atomic mass is 16.3. The van der Waals surface area contributed by atoms with Crippen LogP contribution < -0.4 is 10.6 Å². The summed E-state index contributed by atoms with van der Waals surface area (Å²) in [6.45, 7) is 6.86. The normalized spacial score (nSPS) is 32.5. The highest BCUT2D eigenvalue weighted by Crippen LogP contribution is 2.35. The molecule has 0 aliphatic carbocycles. The predicted molar refractivity (Wildman–Crippen MR) is 192 cm³/mol. The van der Waals surface area contributed by atoms with Crippen molar-refractivity contribution in [3.63, 3.8) is 0 Å². The van der Waals surface area contributed by atoms with Crippen molar-refractivity contribution in [1.29, 1.82) is 0 Å². The molecule has 45 heavy (non-hydrogen) atoms. The Morgan fingerprint density at radius 1 is 0.600 bits per heavy atom. The molecule has 0 aromatic carbocycles. The van der Waals surface area contributed by atoms with Crippen molar-refractivity contribution in [3.05, 3.63) is 11.6 Å². The number of aliphatic hydroxyl groups is 2. The van der Waals surface area contributed by atoms with Crippen LogP contribution in [0, 0.1) is 5.92 Å². The molecule has 5 nitrogen and oxygen atoms in total. The zero-order valence-corrected chi connectivity index (χ0v) is 29.8. The van der Waals surface area contributed by atoms with Gasteiger partial charge in [0.05, 0.1) is 12.2 Å². The van der Waals surface area contributed by atoms with Crippen LogP contribution in [0.15, 0.2) is 11.6 Å². The molecule has 0 amide bonds. The lowest BCUT2D eigenvalue weighted by Gasteiger charge is -2.36. The number of hydrogen-bond donors (Lipinski definition) is 4. The minimum absolute atomic E-state index is 0.141. The number of nitrogens with zero attached hydrogens (tertiary/aromatic N) is 1. The minimum Gasteiger partial charge on any atom is -0.392 e. The second-order valence-corrected chi connectivity index (χ2v) is 16.0. The first-order valence-electron chi connectivity index (χ1n) is 20.3. The first-order valence-corrected chi connectivity index (χ1v) is 20.3. The number of aliphatic hydroxyl groups excluding tert-OH is 2. The van der Waals surface area contributed by atoms with Crippen molar-refractivity contribution >= 4 is 0 Å². The van der Waals surface area contributed by atoms with Crippen LogP contribution in [0.4, 0.5) is 0 Å². The van der Waals surface area contributed by atoms with Gasteiger partial charge in [0.1, 0.15) is 0 Å². The topological polar surface area (TPSA) is 67.8 Å². The van der Waals surface area contributed by atoms with E-state index in [0.717, 1.165) is 37.6 Å². The monoisotopic (exact) mass is 630 g/mol. The maximum atomic E-state index is 9.89. The van der Waals surface area contributed by atoms with Crippen LogP contribution >= 0.6 is 0 Å². The molecule has 0 bridgehead atoms. The van der Waals surface area contributed by atoms with Gasteiger partial charge in [0, 0.05) is 36.8 Å². The van der Waals surface area contributed by atoms with E-state index in [1.54, 1.807) is 5.57 Å². The lowest BCUT2D eigenvalue weighted by Crippen LogP contribution is -2.48. The Hall–Kier alpha value is -0.460. The molecule has 5 heteroatoms. The number of unbranched alkanes of at least 4 members (excludes halogenated alkanes) is 14. The smallest absolute Gasteiger partial charge is 0.0691 e. The van der Waals surface area contributed by atoms with Crippen molar-refractivity contribution in [3.8, 4) is 0 Å². The largest absolute Gasteiger partial charge is 0.392 e. The molecule has 3 fully saturated rings. The third-order valence-corrected chi connectivity index (χ3v) is 12.2. The molecule has 8 atom stereocenters. The molecular formula is C40H75N3O2. The van der Waals surface area contributed by atoms with Gasteiger partial charge < -0.3 is 20.8 Å². The maximum absolute atomic E-state index is 9.89. The molecule has 0 spiro atoms. The third kappa shape index (κ3) is 13.9. The Labute approximate surface area is 279 Å². The Morgan fingerprint density at radius 3 is 1.58 bits per heavy atom. The summed E-state index contributed by atoms with van der Waals surface area (Å²) < 4.78 is 0. The Bertz CT molecular complexity index is 804. The predicted octanol–water partition coefficient (Wildman–Crippen LogP) is 8.81. The molecule has 4 aliphatic rings. The molecule has 4 heterocycles. The van der Waals surface area contributed by atoms with E-state index < -0.39 is 0 Å². The SMILES string of the molecule is C[C@@H]1N[C@H](CCCCCCCCCC[C@@H]2C=C(CCCCCCCCCC[C@H]3CC[C@H](O)[C@H](C)N3)CN3CCC[C@@H]23)CC[C@@H]1O. The van der Waals surface area contributed by atoms with Crippen LogP contribution in [0.1, 0.15) is 181 Å². The summed E-state index contributed by atoms with van der Waals surface area (Å²) in [7, 11) is 0. The van der Waals surface area contributed by atoms with E-state index in [1.165, 1.54) is 154 Å². The molecule has 4 aliphatic heterocycles. The zero-order chi connectivity index (χ0) is 31.7. The summed E-state index contributed by atoms with van der Waals surface area (Å²) in [4.78, 5) is 2.84.